The lowest BCUT2D eigenvalue weighted by atomic mass is 9.85. The molecule has 1 rings (SSSR count). The molecule has 1 N–H and O–H groups in total. The van der Waals surface area contributed by atoms with Crippen LogP contribution in [0.15, 0.2) is 17.0 Å². The Kier molecular flexibility index (Phi) is 3.73. The first-order valence-corrected chi connectivity index (χ1v) is 5.79. The summed E-state index contributed by atoms with van der Waals surface area (Å²) >= 11 is 1.04. The van der Waals surface area contributed by atoms with Gasteiger partial charge >= 0.3 is 0 Å². The first-order chi connectivity index (χ1) is 6.92. The maximum atomic E-state index is 13.4. The second kappa shape index (κ2) is 4.49. The van der Waals surface area contributed by atoms with E-state index in [9.17, 15) is 8.78 Å². The molecule has 15 heavy (non-hydrogen) atoms. The molecule has 0 spiro atoms. The zero-order chi connectivity index (χ0) is 11.6. The maximum absolute atomic E-state index is 13.4. The van der Waals surface area contributed by atoms with Gasteiger partial charge in [0, 0.05) is 5.41 Å². The highest BCUT2D eigenvalue weighted by Gasteiger charge is 2.22. The highest BCUT2D eigenvalue weighted by Crippen LogP contribution is 2.29. The van der Waals surface area contributed by atoms with E-state index in [1.165, 1.54) is 12.1 Å². The van der Waals surface area contributed by atoms with Gasteiger partial charge in [0.15, 0.2) is 0 Å². The molecule has 1 aromatic carbocycles. The summed E-state index contributed by atoms with van der Waals surface area (Å²) in [5, 5.41) is 9.11. The summed E-state index contributed by atoms with van der Waals surface area (Å²) in [6, 6.07) is 2.57. The van der Waals surface area contributed by atoms with Crippen LogP contribution in [0.1, 0.15) is 19.4 Å². The Bertz CT molecular complexity index is 341. The van der Waals surface area contributed by atoms with E-state index in [0.717, 1.165) is 11.8 Å². The van der Waals surface area contributed by atoms with Crippen LogP contribution in [-0.4, -0.2) is 18.0 Å². The Morgan fingerprint density at radius 1 is 1.27 bits per heavy atom. The Labute approximate surface area is 92.5 Å². The lowest BCUT2D eigenvalue weighted by Gasteiger charge is -2.22. The van der Waals surface area contributed by atoms with Crippen LogP contribution in [0.2, 0.25) is 0 Å². The summed E-state index contributed by atoms with van der Waals surface area (Å²) in [6.07, 6.45) is 1.62. The Morgan fingerprint density at radius 3 is 2.07 bits per heavy atom. The molecule has 0 unspecified atom stereocenters. The quantitative estimate of drug-likeness (QED) is 0.808. The van der Waals surface area contributed by atoms with Gasteiger partial charge in [0.25, 0.3) is 0 Å². The van der Waals surface area contributed by atoms with Crippen LogP contribution in [0.3, 0.4) is 0 Å². The van der Waals surface area contributed by atoms with Gasteiger partial charge in [-0.15, -0.1) is 11.8 Å². The number of aliphatic hydroxyl groups is 1. The van der Waals surface area contributed by atoms with Crippen molar-refractivity contribution in [1.29, 1.82) is 0 Å². The zero-order valence-corrected chi connectivity index (χ0v) is 9.79. The second-order valence-corrected chi connectivity index (χ2v) is 4.83. The van der Waals surface area contributed by atoms with E-state index in [4.69, 9.17) is 5.11 Å². The van der Waals surface area contributed by atoms with Gasteiger partial charge in [-0.3, -0.25) is 0 Å². The number of hydrogen-bond donors (Lipinski definition) is 1. The van der Waals surface area contributed by atoms with Gasteiger partial charge in [-0.25, -0.2) is 8.78 Å². The fourth-order valence-corrected chi connectivity index (χ4v) is 1.74. The fraction of sp³-hybridized carbons (Fsp3) is 0.455. The molecule has 0 fully saturated rings. The first kappa shape index (κ1) is 12.5. The van der Waals surface area contributed by atoms with E-state index in [2.05, 4.69) is 0 Å². The average molecular weight is 232 g/mol. The van der Waals surface area contributed by atoms with E-state index < -0.39 is 17.0 Å². The van der Waals surface area contributed by atoms with Gasteiger partial charge < -0.3 is 5.11 Å². The minimum absolute atomic E-state index is 0.0208. The largest absolute Gasteiger partial charge is 0.395 e. The molecule has 0 aliphatic rings. The number of hydrogen-bond acceptors (Lipinski definition) is 2. The highest BCUT2D eigenvalue weighted by molar-refractivity contribution is 7.98. The third-order valence-corrected chi connectivity index (χ3v) is 3.18. The van der Waals surface area contributed by atoms with Crippen molar-refractivity contribution < 1.29 is 13.9 Å². The summed E-state index contributed by atoms with van der Waals surface area (Å²) in [6.45, 7) is 3.32. The number of benzene rings is 1. The first-order valence-electron chi connectivity index (χ1n) is 4.56. The van der Waals surface area contributed by atoms with Crippen molar-refractivity contribution in [2.75, 3.05) is 12.9 Å². The van der Waals surface area contributed by atoms with Crippen molar-refractivity contribution in [1.82, 2.24) is 0 Å². The second-order valence-electron chi connectivity index (χ2n) is 4.02. The summed E-state index contributed by atoms with van der Waals surface area (Å²) in [4.78, 5) is 0.0208. The monoisotopic (exact) mass is 232 g/mol. The summed E-state index contributed by atoms with van der Waals surface area (Å²) in [7, 11) is 0. The van der Waals surface area contributed by atoms with E-state index in [0.29, 0.717) is 5.56 Å². The third kappa shape index (κ3) is 2.49. The minimum atomic E-state index is -0.626. The van der Waals surface area contributed by atoms with E-state index >= 15 is 0 Å². The topological polar surface area (TPSA) is 20.2 Å². The van der Waals surface area contributed by atoms with Crippen molar-refractivity contribution in [3.63, 3.8) is 0 Å². The van der Waals surface area contributed by atoms with Gasteiger partial charge in [0.1, 0.15) is 11.6 Å². The lowest BCUT2D eigenvalue weighted by molar-refractivity contribution is 0.217. The molecule has 0 bridgehead atoms. The summed E-state index contributed by atoms with van der Waals surface area (Å²) in [5.74, 6) is -1.14. The van der Waals surface area contributed by atoms with Gasteiger partial charge in [-0.2, -0.15) is 0 Å². The number of thioether (sulfide) groups is 1. The number of rotatable bonds is 3. The molecular weight excluding hydrogens is 218 g/mol. The molecule has 84 valence electrons. The molecule has 1 aromatic rings. The molecule has 0 aromatic heterocycles. The molecule has 4 heteroatoms. The number of aliphatic hydroxyl groups excluding tert-OH is 1. The van der Waals surface area contributed by atoms with Crippen molar-refractivity contribution in [3.8, 4) is 0 Å². The minimum Gasteiger partial charge on any atom is -0.395 e. The molecule has 0 heterocycles. The van der Waals surface area contributed by atoms with Gasteiger partial charge in [-0.05, 0) is 24.0 Å². The van der Waals surface area contributed by atoms with E-state index in [1.807, 2.05) is 0 Å². The third-order valence-electron chi connectivity index (χ3n) is 2.38. The van der Waals surface area contributed by atoms with Crippen LogP contribution in [0.4, 0.5) is 8.78 Å². The normalized spacial score (nSPS) is 11.9. The molecule has 1 nitrogen and oxygen atoms in total. The molecular formula is C11H14F2OS. The van der Waals surface area contributed by atoms with Gasteiger partial charge in [0.05, 0.1) is 11.5 Å². The molecule has 0 saturated carbocycles. The Hall–Kier alpha value is -0.610. The average Bonchev–Trinajstić information content (AvgIpc) is 2.17. The molecule has 0 radical (unpaired) electrons. The smallest absolute Gasteiger partial charge is 0.140 e. The Balaban J connectivity index is 3.26. The standard InChI is InChI=1S/C11H14F2OS/c1-11(2,6-14)7-4-8(12)10(15-3)9(13)5-7/h4-5,14H,6H2,1-3H3. The molecule has 0 atom stereocenters. The van der Waals surface area contributed by atoms with Gasteiger partial charge in [0.2, 0.25) is 0 Å². The van der Waals surface area contributed by atoms with Crippen LogP contribution >= 0.6 is 11.8 Å². The predicted octanol–water partition coefficient (Wildman–Crippen LogP) is 2.96. The maximum Gasteiger partial charge on any atom is 0.140 e. The van der Waals surface area contributed by atoms with Crippen molar-refractivity contribution in [2.24, 2.45) is 0 Å². The fourth-order valence-electron chi connectivity index (χ4n) is 1.24. The lowest BCUT2D eigenvalue weighted by Crippen LogP contribution is -2.22. The number of halogens is 2. The van der Waals surface area contributed by atoms with Crippen LogP contribution < -0.4 is 0 Å². The van der Waals surface area contributed by atoms with Crippen molar-refractivity contribution in [2.45, 2.75) is 24.2 Å². The molecule has 0 aliphatic carbocycles. The summed E-state index contributed by atoms with van der Waals surface area (Å²) in [5.41, 5.74) is -0.156. The Morgan fingerprint density at radius 2 is 1.73 bits per heavy atom. The molecule has 0 saturated heterocycles. The molecule has 0 aliphatic heterocycles. The van der Waals surface area contributed by atoms with Crippen LogP contribution in [-0.2, 0) is 5.41 Å². The summed E-state index contributed by atoms with van der Waals surface area (Å²) < 4.78 is 26.9. The highest BCUT2D eigenvalue weighted by atomic mass is 32.2. The zero-order valence-electron chi connectivity index (χ0n) is 8.97. The molecule has 0 amide bonds. The van der Waals surface area contributed by atoms with E-state index in [1.54, 1.807) is 20.1 Å². The van der Waals surface area contributed by atoms with Crippen LogP contribution in [0.25, 0.3) is 0 Å². The van der Waals surface area contributed by atoms with Crippen molar-refractivity contribution in [3.05, 3.63) is 29.3 Å². The van der Waals surface area contributed by atoms with Crippen LogP contribution in [0.5, 0.6) is 0 Å². The van der Waals surface area contributed by atoms with Crippen LogP contribution in [0, 0.1) is 11.6 Å². The predicted molar refractivity (Wildman–Crippen MR) is 58.3 cm³/mol. The van der Waals surface area contributed by atoms with E-state index in [-0.39, 0.29) is 11.5 Å². The van der Waals surface area contributed by atoms with Gasteiger partial charge in [-0.1, -0.05) is 13.8 Å². The van der Waals surface area contributed by atoms with Crippen molar-refractivity contribution >= 4 is 11.8 Å². The SMILES string of the molecule is CSc1c(F)cc(C(C)(C)CO)cc1F.